The first-order valence-corrected chi connectivity index (χ1v) is 6.90. The van der Waals surface area contributed by atoms with Gasteiger partial charge in [-0.25, -0.2) is 0 Å². The molecule has 0 bridgehead atoms. The van der Waals surface area contributed by atoms with Crippen LogP contribution in [-0.4, -0.2) is 13.1 Å². The van der Waals surface area contributed by atoms with Gasteiger partial charge in [0.2, 0.25) is 0 Å². The number of rotatable bonds is 6. The maximum atomic E-state index is 6.18. The van der Waals surface area contributed by atoms with Crippen LogP contribution in [0.1, 0.15) is 32.3 Å². The Morgan fingerprint density at radius 2 is 1.71 bits per heavy atom. The zero-order chi connectivity index (χ0) is 12.8. The van der Waals surface area contributed by atoms with E-state index < -0.39 is 0 Å². The number of hydrogen-bond donors (Lipinski definition) is 1. The number of benzene rings is 1. The first-order chi connectivity index (χ1) is 8.04. The summed E-state index contributed by atoms with van der Waals surface area (Å²) in [5, 5.41) is 4.88. The van der Waals surface area contributed by atoms with E-state index in [1.165, 1.54) is 6.42 Å². The third-order valence-electron chi connectivity index (χ3n) is 3.01. The molecule has 1 aromatic rings. The minimum absolute atomic E-state index is 0.440. The highest BCUT2D eigenvalue weighted by Gasteiger charge is 2.13. The molecule has 0 aliphatic carbocycles. The van der Waals surface area contributed by atoms with E-state index in [1.54, 1.807) is 0 Å². The van der Waals surface area contributed by atoms with Gasteiger partial charge < -0.3 is 5.32 Å². The van der Waals surface area contributed by atoms with E-state index in [9.17, 15) is 0 Å². The minimum Gasteiger partial charge on any atom is -0.317 e. The lowest BCUT2D eigenvalue weighted by atomic mass is 9.98. The monoisotopic (exact) mass is 273 g/mol. The molecule has 0 heterocycles. The van der Waals surface area contributed by atoms with E-state index in [0.717, 1.165) is 34.4 Å². The van der Waals surface area contributed by atoms with E-state index in [1.807, 2.05) is 25.2 Å². The van der Waals surface area contributed by atoms with Crippen LogP contribution in [0.2, 0.25) is 10.0 Å². The van der Waals surface area contributed by atoms with Crippen LogP contribution in [0.3, 0.4) is 0 Å². The Hall–Kier alpha value is -0.240. The van der Waals surface area contributed by atoms with Gasteiger partial charge in [0.05, 0.1) is 0 Å². The number of hydrogen-bond acceptors (Lipinski definition) is 1. The van der Waals surface area contributed by atoms with Gasteiger partial charge >= 0.3 is 0 Å². The standard InChI is InChI=1S/C14H21Cl2N/c1-10(2)7-8-11(17-3)9-12-13(15)5-4-6-14(12)16/h4-6,10-11,17H,7-9H2,1-3H3. The number of likely N-dealkylation sites (N-methyl/N-ethyl adjacent to an activating group) is 1. The normalized spacial score (nSPS) is 13.1. The summed E-state index contributed by atoms with van der Waals surface area (Å²) in [7, 11) is 2.00. The highest BCUT2D eigenvalue weighted by Crippen LogP contribution is 2.26. The lowest BCUT2D eigenvalue weighted by Gasteiger charge is -2.18. The second kappa shape index (κ2) is 7.25. The summed E-state index contributed by atoms with van der Waals surface area (Å²) in [4.78, 5) is 0. The molecule has 0 aromatic heterocycles. The van der Waals surface area contributed by atoms with Crippen molar-refractivity contribution >= 4 is 23.2 Å². The molecular formula is C14H21Cl2N. The van der Waals surface area contributed by atoms with Crippen molar-refractivity contribution in [2.45, 2.75) is 39.2 Å². The fourth-order valence-corrected chi connectivity index (χ4v) is 2.41. The van der Waals surface area contributed by atoms with E-state index in [2.05, 4.69) is 19.2 Å². The van der Waals surface area contributed by atoms with Crippen molar-refractivity contribution in [3.05, 3.63) is 33.8 Å². The fraction of sp³-hybridized carbons (Fsp3) is 0.571. The van der Waals surface area contributed by atoms with Crippen molar-refractivity contribution in [1.29, 1.82) is 0 Å². The lowest BCUT2D eigenvalue weighted by molar-refractivity contribution is 0.451. The maximum absolute atomic E-state index is 6.18. The maximum Gasteiger partial charge on any atom is 0.0453 e. The summed E-state index contributed by atoms with van der Waals surface area (Å²) < 4.78 is 0. The van der Waals surface area contributed by atoms with Gasteiger partial charge in [0, 0.05) is 16.1 Å². The molecule has 1 unspecified atom stereocenters. The summed E-state index contributed by atoms with van der Waals surface area (Å²) >= 11 is 12.4. The zero-order valence-corrected chi connectivity index (χ0v) is 12.3. The van der Waals surface area contributed by atoms with Crippen LogP contribution in [0.4, 0.5) is 0 Å². The van der Waals surface area contributed by atoms with Crippen LogP contribution in [0.15, 0.2) is 18.2 Å². The average molecular weight is 274 g/mol. The van der Waals surface area contributed by atoms with Crippen LogP contribution in [0.5, 0.6) is 0 Å². The summed E-state index contributed by atoms with van der Waals surface area (Å²) in [5.41, 5.74) is 1.05. The van der Waals surface area contributed by atoms with E-state index >= 15 is 0 Å². The summed E-state index contributed by atoms with van der Waals surface area (Å²) in [5.74, 6) is 0.729. The molecule has 1 aromatic carbocycles. The molecule has 3 heteroatoms. The van der Waals surface area contributed by atoms with Gasteiger partial charge in [-0.05, 0) is 49.9 Å². The van der Waals surface area contributed by atoms with Crippen molar-refractivity contribution in [1.82, 2.24) is 5.32 Å². The van der Waals surface area contributed by atoms with Crippen LogP contribution >= 0.6 is 23.2 Å². The Morgan fingerprint density at radius 3 is 2.18 bits per heavy atom. The van der Waals surface area contributed by atoms with Crippen molar-refractivity contribution < 1.29 is 0 Å². The van der Waals surface area contributed by atoms with Gasteiger partial charge in [-0.3, -0.25) is 0 Å². The molecule has 1 nitrogen and oxygen atoms in total. The molecule has 0 fully saturated rings. The van der Waals surface area contributed by atoms with E-state index in [4.69, 9.17) is 23.2 Å². The van der Waals surface area contributed by atoms with Crippen molar-refractivity contribution in [2.75, 3.05) is 7.05 Å². The van der Waals surface area contributed by atoms with E-state index in [-0.39, 0.29) is 0 Å². The highest BCUT2D eigenvalue weighted by atomic mass is 35.5. The molecule has 1 atom stereocenters. The zero-order valence-electron chi connectivity index (χ0n) is 10.8. The van der Waals surface area contributed by atoms with Crippen molar-refractivity contribution in [2.24, 2.45) is 5.92 Å². The quantitative estimate of drug-likeness (QED) is 0.801. The molecule has 0 spiro atoms. The van der Waals surface area contributed by atoms with Crippen LogP contribution in [0.25, 0.3) is 0 Å². The van der Waals surface area contributed by atoms with Gasteiger partial charge in [-0.2, -0.15) is 0 Å². The third kappa shape index (κ3) is 4.87. The van der Waals surface area contributed by atoms with Crippen molar-refractivity contribution in [3.63, 3.8) is 0 Å². The van der Waals surface area contributed by atoms with E-state index in [0.29, 0.717) is 6.04 Å². The Labute approximate surface area is 115 Å². The first kappa shape index (κ1) is 14.8. The minimum atomic E-state index is 0.440. The molecule has 17 heavy (non-hydrogen) atoms. The summed E-state index contributed by atoms with van der Waals surface area (Å²) in [6, 6.07) is 6.13. The Bertz CT molecular complexity index is 330. The Balaban J connectivity index is 2.67. The Morgan fingerprint density at radius 1 is 1.12 bits per heavy atom. The number of halogens is 2. The van der Waals surface area contributed by atoms with Crippen molar-refractivity contribution in [3.8, 4) is 0 Å². The molecule has 1 rings (SSSR count). The molecule has 0 aliphatic heterocycles. The molecule has 0 saturated heterocycles. The summed E-state index contributed by atoms with van der Waals surface area (Å²) in [6.07, 6.45) is 3.25. The van der Waals surface area contributed by atoms with Gasteiger partial charge in [-0.15, -0.1) is 0 Å². The molecule has 0 amide bonds. The second-order valence-corrected chi connectivity index (χ2v) is 5.68. The molecule has 0 radical (unpaired) electrons. The van der Waals surface area contributed by atoms with Gasteiger partial charge in [-0.1, -0.05) is 43.1 Å². The SMILES string of the molecule is CNC(CCC(C)C)Cc1c(Cl)cccc1Cl. The van der Waals surface area contributed by atoms with Crippen LogP contribution in [-0.2, 0) is 6.42 Å². The molecule has 96 valence electrons. The lowest BCUT2D eigenvalue weighted by Crippen LogP contribution is -2.28. The van der Waals surface area contributed by atoms with Gasteiger partial charge in [0.1, 0.15) is 0 Å². The first-order valence-electron chi connectivity index (χ1n) is 6.14. The Kier molecular flexibility index (Phi) is 6.32. The molecule has 0 aliphatic rings. The predicted molar refractivity (Wildman–Crippen MR) is 77.1 cm³/mol. The molecule has 1 N–H and O–H groups in total. The fourth-order valence-electron chi connectivity index (χ4n) is 1.86. The van der Waals surface area contributed by atoms with Crippen LogP contribution in [0, 0.1) is 5.92 Å². The highest BCUT2D eigenvalue weighted by molar-refractivity contribution is 6.35. The third-order valence-corrected chi connectivity index (χ3v) is 3.72. The average Bonchev–Trinajstić information content (AvgIpc) is 2.27. The van der Waals surface area contributed by atoms with Gasteiger partial charge in [0.25, 0.3) is 0 Å². The predicted octanol–water partition coefficient (Wildman–Crippen LogP) is 4.56. The largest absolute Gasteiger partial charge is 0.317 e. The second-order valence-electron chi connectivity index (χ2n) is 4.86. The summed E-state index contributed by atoms with van der Waals surface area (Å²) in [6.45, 7) is 4.49. The van der Waals surface area contributed by atoms with Crippen LogP contribution < -0.4 is 5.32 Å². The van der Waals surface area contributed by atoms with Gasteiger partial charge in [0.15, 0.2) is 0 Å². The molecule has 0 saturated carbocycles. The smallest absolute Gasteiger partial charge is 0.0453 e. The number of nitrogens with one attached hydrogen (secondary N) is 1. The molecular weight excluding hydrogens is 253 g/mol. The topological polar surface area (TPSA) is 12.0 Å².